The molecule has 112 valence electrons. The number of alkyl halides is 3. The molecule has 1 N–H and O–H groups in total. The van der Waals surface area contributed by atoms with Gasteiger partial charge in [0.25, 0.3) is 5.91 Å². The second-order valence-corrected chi connectivity index (χ2v) is 5.85. The van der Waals surface area contributed by atoms with Crippen LogP contribution in [0.5, 0.6) is 0 Å². The lowest BCUT2D eigenvalue weighted by atomic mass is 10.0. The number of carbonyl (C=O) groups is 1. The Morgan fingerprint density at radius 2 is 2.10 bits per heavy atom. The Balaban J connectivity index is 2.26. The number of nitrogens with one attached hydrogen (secondary N) is 1. The van der Waals surface area contributed by atoms with Crippen LogP contribution in [0.25, 0.3) is 0 Å². The van der Waals surface area contributed by atoms with E-state index in [0.717, 1.165) is 18.6 Å². The number of nitriles is 1. The minimum absolute atomic E-state index is 0.252. The van der Waals surface area contributed by atoms with Crippen molar-refractivity contribution in [2.24, 2.45) is 5.92 Å². The van der Waals surface area contributed by atoms with E-state index in [9.17, 15) is 18.0 Å². The van der Waals surface area contributed by atoms with E-state index in [1.807, 2.05) is 0 Å². The molecule has 0 heterocycles. The van der Waals surface area contributed by atoms with E-state index in [4.69, 9.17) is 5.26 Å². The summed E-state index contributed by atoms with van der Waals surface area (Å²) in [5, 5.41) is 11.5. The highest BCUT2D eigenvalue weighted by molar-refractivity contribution is 9.10. The molecular weight excluding hydrogens is 349 g/mol. The zero-order valence-corrected chi connectivity index (χ0v) is 12.5. The van der Waals surface area contributed by atoms with Gasteiger partial charge in [0.05, 0.1) is 23.1 Å². The maximum absolute atomic E-state index is 13.0. The topological polar surface area (TPSA) is 52.9 Å². The molecule has 1 fully saturated rings. The molecule has 1 aliphatic rings. The molecule has 2 atom stereocenters. The molecule has 0 saturated heterocycles. The molecule has 1 amide bonds. The predicted molar refractivity (Wildman–Crippen MR) is 73.4 cm³/mol. The van der Waals surface area contributed by atoms with E-state index in [-0.39, 0.29) is 16.4 Å². The fourth-order valence-corrected chi connectivity index (χ4v) is 2.84. The number of rotatable bonds is 2. The van der Waals surface area contributed by atoms with Crippen LogP contribution in [-0.2, 0) is 6.18 Å². The van der Waals surface area contributed by atoms with Crippen molar-refractivity contribution in [3.63, 3.8) is 0 Å². The molecule has 21 heavy (non-hydrogen) atoms. The molecule has 0 radical (unpaired) electrons. The summed E-state index contributed by atoms with van der Waals surface area (Å²) in [7, 11) is 0. The van der Waals surface area contributed by atoms with E-state index >= 15 is 0 Å². The van der Waals surface area contributed by atoms with Gasteiger partial charge < -0.3 is 5.32 Å². The molecule has 2 rings (SSSR count). The smallest absolute Gasteiger partial charge is 0.348 e. The number of halogens is 4. The summed E-state index contributed by atoms with van der Waals surface area (Å²) in [5.74, 6) is -1.12. The van der Waals surface area contributed by atoms with Gasteiger partial charge in [0.15, 0.2) is 0 Å². The fourth-order valence-electron chi connectivity index (χ4n) is 2.48. The first kappa shape index (κ1) is 15.8. The van der Waals surface area contributed by atoms with Crippen LogP contribution < -0.4 is 5.32 Å². The molecular formula is C14H12BrF3N2O. The van der Waals surface area contributed by atoms with Crippen molar-refractivity contribution in [1.29, 1.82) is 5.26 Å². The van der Waals surface area contributed by atoms with E-state index in [2.05, 4.69) is 27.3 Å². The van der Waals surface area contributed by atoms with Crippen molar-refractivity contribution in [2.75, 3.05) is 0 Å². The summed E-state index contributed by atoms with van der Waals surface area (Å²) in [6.45, 7) is 0. The largest absolute Gasteiger partial charge is 0.417 e. The summed E-state index contributed by atoms with van der Waals surface area (Å²) in [5.41, 5.74) is -1.41. The minimum atomic E-state index is -4.61. The molecule has 1 aliphatic carbocycles. The van der Waals surface area contributed by atoms with Crippen LogP contribution in [0.3, 0.4) is 0 Å². The average molecular weight is 361 g/mol. The summed E-state index contributed by atoms with van der Waals surface area (Å²) < 4.78 is 39.2. The quantitative estimate of drug-likeness (QED) is 0.869. The molecule has 7 heteroatoms. The standard InChI is InChI=1S/C14H12BrF3N2O/c15-9-4-5-10(11(6-9)14(16,17)18)13(21)20-12-3-1-2-8(12)7-19/h4-6,8,12H,1-3H2,(H,20,21). The number of benzene rings is 1. The molecule has 0 aliphatic heterocycles. The van der Waals surface area contributed by atoms with Gasteiger partial charge in [0.1, 0.15) is 0 Å². The van der Waals surface area contributed by atoms with Crippen LogP contribution in [0.2, 0.25) is 0 Å². The first-order valence-electron chi connectivity index (χ1n) is 6.40. The summed E-state index contributed by atoms with van der Waals surface area (Å²) in [4.78, 5) is 12.1. The average Bonchev–Trinajstić information content (AvgIpc) is 2.84. The molecule has 0 spiro atoms. The highest BCUT2D eigenvalue weighted by atomic mass is 79.9. The van der Waals surface area contributed by atoms with Gasteiger partial charge in [-0.1, -0.05) is 15.9 Å². The maximum atomic E-state index is 13.0. The molecule has 0 bridgehead atoms. The van der Waals surface area contributed by atoms with Crippen molar-refractivity contribution in [1.82, 2.24) is 5.32 Å². The number of hydrogen-bond donors (Lipinski definition) is 1. The van der Waals surface area contributed by atoms with E-state index in [1.54, 1.807) is 0 Å². The Morgan fingerprint density at radius 3 is 2.71 bits per heavy atom. The summed E-state index contributed by atoms with van der Waals surface area (Å²) >= 11 is 2.97. The number of nitrogens with zero attached hydrogens (tertiary/aromatic N) is 1. The SMILES string of the molecule is N#CC1CCCC1NC(=O)c1ccc(Br)cc1C(F)(F)F. The van der Waals surface area contributed by atoms with E-state index < -0.39 is 23.2 Å². The number of carbonyl (C=O) groups excluding carboxylic acids is 1. The van der Waals surface area contributed by atoms with Crippen molar-refractivity contribution >= 4 is 21.8 Å². The first-order chi connectivity index (χ1) is 9.82. The lowest BCUT2D eigenvalue weighted by Crippen LogP contribution is -2.37. The summed E-state index contributed by atoms with van der Waals surface area (Å²) in [6.07, 6.45) is -2.55. The Hall–Kier alpha value is -1.55. The third-order valence-corrected chi connectivity index (χ3v) is 4.02. The molecule has 2 unspecified atom stereocenters. The Bertz CT molecular complexity index is 595. The van der Waals surface area contributed by atoms with Crippen molar-refractivity contribution < 1.29 is 18.0 Å². The Labute approximate surface area is 128 Å². The predicted octanol–water partition coefficient (Wildman–Crippen LogP) is 3.89. The Kier molecular flexibility index (Phi) is 4.57. The molecule has 1 aromatic rings. The van der Waals surface area contributed by atoms with Gasteiger partial charge in [0.2, 0.25) is 0 Å². The number of amides is 1. The third kappa shape index (κ3) is 3.56. The molecule has 3 nitrogen and oxygen atoms in total. The van der Waals surface area contributed by atoms with Crippen molar-refractivity contribution in [2.45, 2.75) is 31.5 Å². The fraction of sp³-hybridized carbons (Fsp3) is 0.429. The van der Waals surface area contributed by atoms with Gasteiger partial charge in [-0.2, -0.15) is 18.4 Å². The van der Waals surface area contributed by atoms with Crippen LogP contribution in [-0.4, -0.2) is 11.9 Å². The monoisotopic (exact) mass is 360 g/mol. The summed E-state index contributed by atoms with van der Waals surface area (Å²) in [6, 6.07) is 5.11. The molecule has 0 aromatic heterocycles. The van der Waals surface area contributed by atoms with Gasteiger partial charge in [-0.05, 0) is 37.5 Å². The van der Waals surface area contributed by atoms with E-state index in [1.165, 1.54) is 6.07 Å². The second kappa shape index (κ2) is 6.06. The van der Waals surface area contributed by atoms with Crippen LogP contribution in [0, 0.1) is 17.2 Å². The maximum Gasteiger partial charge on any atom is 0.417 e. The zero-order valence-electron chi connectivity index (χ0n) is 10.9. The molecule has 1 aromatic carbocycles. The lowest BCUT2D eigenvalue weighted by molar-refractivity contribution is -0.138. The second-order valence-electron chi connectivity index (χ2n) is 4.93. The van der Waals surface area contributed by atoms with Crippen LogP contribution in [0.15, 0.2) is 22.7 Å². The minimum Gasteiger partial charge on any atom is -0.348 e. The lowest BCUT2D eigenvalue weighted by Gasteiger charge is -2.18. The first-order valence-corrected chi connectivity index (χ1v) is 7.19. The van der Waals surface area contributed by atoms with Gasteiger partial charge in [0, 0.05) is 10.5 Å². The van der Waals surface area contributed by atoms with Gasteiger partial charge >= 0.3 is 6.18 Å². The van der Waals surface area contributed by atoms with Gasteiger partial charge in [-0.25, -0.2) is 0 Å². The van der Waals surface area contributed by atoms with Crippen LogP contribution >= 0.6 is 15.9 Å². The number of hydrogen-bond acceptors (Lipinski definition) is 2. The normalized spacial score (nSPS) is 21.9. The van der Waals surface area contributed by atoms with Crippen molar-refractivity contribution in [3.8, 4) is 6.07 Å². The highest BCUT2D eigenvalue weighted by Gasteiger charge is 2.36. The van der Waals surface area contributed by atoms with Crippen LogP contribution in [0.4, 0.5) is 13.2 Å². The Morgan fingerprint density at radius 1 is 1.38 bits per heavy atom. The third-order valence-electron chi connectivity index (χ3n) is 3.53. The highest BCUT2D eigenvalue weighted by Crippen LogP contribution is 2.34. The zero-order chi connectivity index (χ0) is 15.6. The van der Waals surface area contributed by atoms with Crippen molar-refractivity contribution in [3.05, 3.63) is 33.8 Å². The molecule has 1 saturated carbocycles. The van der Waals surface area contributed by atoms with E-state index in [0.29, 0.717) is 12.8 Å². The van der Waals surface area contributed by atoms with Crippen LogP contribution in [0.1, 0.15) is 35.2 Å². The van der Waals surface area contributed by atoms with Gasteiger partial charge in [-0.15, -0.1) is 0 Å². The van der Waals surface area contributed by atoms with Gasteiger partial charge in [-0.3, -0.25) is 4.79 Å².